The summed E-state index contributed by atoms with van der Waals surface area (Å²) in [7, 11) is 0. The number of carbonyl (C=O) groups excluding carboxylic acids is 1. The number of hydrogen-bond acceptors (Lipinski definition) is 6. The third-order valence-electron chi connectivity index (χ3n) is 4.07. The minimum atomic E-state index is -0.751. The number of rotatable bonds is 10. The zero-order valence-corrected chi connectivity index (χ0v) is 18.6. The molecule has 1 heterocycles. The number of nitrogens with one attached hydrogen (secondary N) is 1. The zero-order valence-electron chi connectivity index (χ0n) is 17.0. The van der Waals surface area contributed by atoms with Crippen molar-refractivity contribution in [3.8, 4) is 5.88 Å². The van der Waals surface area contributed by atoms with E-state index in [1.807, 2.05) is 13.8 Å². The van der Waals surface area contributed by atoms with Crippen molar-refractivity contribution in [2.75, 3.05) is 18.5 Å². The molecular formula is C20H24BrF2N3O4. The maximum absolute atomic E-state index is 13.8. The van der Waals surface area contributed by atoms with Gasteiger partial charge in [0, 0.05) is 30.6 Å². The van der Waals surface area contributed by atoms with Crippen LogP contribution in [0, 0.1) is 11.6 Å². The smallest absolute Gasteiger partial charge is 0.305 e. The number of hydrogen-bond donors (Lipinski definition) is 1. The van der Waals surface area contributed by atoms with Crippen molar-refractivity contribution < 1.29 is 23.0 Å². The van der Waals surface area contributed by atoms with E-state index in [1.165, 1.54) is 10.6 Å². The number of esters is 1. The molecule has 7 nitrogen and oxygen atoms in total. The highest BCUT2D eigenvalue weighted by Crippen LogP contribution is 2.24. The highest BCUT2D eigenvalue weighted by Gasteiger charge is 2.18. The second-order valence-electron chi connectivity index (χ2n) is 6.68. The van der Waals surface area contributed by atoms with Gasteiger partial charge in [-0.1, -0.05) is 0 Å². The molecule has 10 heteroatoms. The average Bonchev–Trinajstić information content (AvgIpc) is 2.67. The van der Waals surface area contributed by atoms with Crippen LogP contribution in [0.3, 0.4) is 0 Å². The number of halogens is 3. The minimum absolute atomic E-state index is 0.0199. The number of anilines is 1. The maximum atomic E-state index is 13.8. The van der Waals surface area contributed by atoms with E-state index in [-0.39, 0.29) is 52.5 Å². The Morgan fingerprint density at radius 1 is 1.33 bits per heavy atom. The molecule has 0 saturated carbocycles. The predicted octanol–water partition coefficient (Wildman–Crippen LogP) is 4.20. The van der Waals surface area contributed by atoms with Gasteiger partial charge in [0.1, 0.15) is 22.7 Å². The lowest BCUT2D eigenvalue weighted by molar-refractivity contribution is -0.143. The van der Waals surface area contributed by atoms with Gasteiger partial charge in [-0.25, -0.2) is 8.78 Å². The molecule has 30 heavy (non-hydrogen) atoms. The summed E-state index contributed by atoms with van der Waals surface area (Å²) >= 11 is 3.19. The summed E-state index contributed by atoms with van der Waals surface area (Å²) in [5.41, 5.74) is -0.246. The fraction of sp³-hybridized carbons (Fsp3) is 0.450. The lowest BCUT2D eigenvalue weighted by Gasteiger charge is -2.19. The Morgan fingerprint density at radius 3 is 2.70 bits per heavy atom. The summed E-state index contributed by atoms with van der Waals surface area (Å²) in [5.74, 6) is -1.50. The monoisotopic (exact) mass is 487 g/mol. The summed E-state index contributed by atoms with van der Waals surface area (Å²) in [6.45, 7) is 5.86. The third-order valence-corrected chi connectivity index (χ3v) is 4.75. The van der Waals surface area contributed by atoms with Gasteiger partial charge in [-0.3, -0.25) is 14.2 Å². The Kier molecular flexibility index (Phi) is 8.76. The topological polar surface area (TPSA) is 82.5 Å². The number of nitrogens with zero attached hydrogens (tertiary/aromatic N) is 2. The van der Waals surface area contributed by atoms with Gasteiger partial charge in [0.2, 0.25) is 11.8 Å². The lowest BCUT2D eigenvalue weighted by atomic mass is 10.2. The molecule has 0 fully saturated rings. The molecule has 0 unspecified atom stereocenters. The first-order valence-corrected chi connectivity index (χ1v) is 10.3. The van der Waals surface area contributed by atoms with Crippen LogP contribution in [0.2, 0.25) is 0 Å². The van der Waals surface area contributed by atoms with Crippen molar-refractivity contribution in [2.45, 2.75) is 46.3 Å². The van der Waals surface area contributed by atoms with E-state index in [4.69, 9.17) is 9.47 Å². The Bertz CT molecular complexity index is 950. The zero-order chi connectivity index (χ0) is 22.3. The molecule has 0 radical (unpaired) electrons. The molecule has 0 atom stereocenters. The first kappa shape index (κ1) is 23.8. The molecule has 0 saturated heterocycles. The standard InChI is InChI=1S/C20H24BrF2N3O4/c1-4-29-16(27)6-5-9-24-20-25-18(17(21)19(28)26(20)12(2)3)30-11-13-7-8-14(22)10-15(13)23/h7-8,10,12H,4-6,9,11H2,1-3H3,(H,24,25). The maximum Gasteiger partial charge on any atom is 0.305 e. The van der Waals surface area contributed by atoms with Crippen LogP contribution in [0.15, 0.2) is 27.5 Å². The molecule has 2 aromatic rings. The van der Waals surface area contributed by atoms with Gasteiger partial charge in [-0.15, -0.1) is 0 Å². The van der Waals surface area contributed by atoms with Crippen LogP contribution >= 0.6 is 15.9 Å². The third kappa shape index (κ3) is 6.25. The van der Waals surface area contributed by atoms with Gasteiger partial charge in [-0.05, 0) is 55.3 Å². The van der Waals surface area contributed by atoms with E-state index in [0.717, 1.165) is 12.1 Å². The van der Waals surface area contributed by atoms with Crippen LogP contribution in [0.5, 0.6) is 5.88 Å². The molecule has 0 aliphatic rings. The van der Waals surface area contributed by atoms with Gasteiger partial charge in [0.25, 0.3) is 5.56 Å². The van der Waals surface area contributed by atoms with E-state index in [9.17, 15) is 18.4 Å². The molecule has 0 amide bonds. The van der Waals surface area contributed by atoms with Gasteiger partial charge in [0.05, 0.1) is 6.61 Å². The molecule has 2 rings (SSSR count). The number of ether oxygens (including phenoxy) is 2. The van der Waals surface area contributed by atoms with Crippen LogP contribution in [-0.4, -0.2) is 28.7 Å². The van der Waals surface area contributed by atoms with E-state index in [1.54, 1.807) is 6.92 Å². The molecule has 0 spiro atoms. The van der Waals surface area contributed by atoms with Gasteiger partial charge >= 0.3 is 5.97 Å². The Hall–Kier alpha value is -2.49. The van der Waals surface area contributed by atoms with Crippen LogP contribution < -0.4 is 15.6 Å². The summed E-state index contributed by atoms with van der Waals surface area (Å²) in [6.07, 6.45) is 0.719. The molecule has 1 aromatic carbocycles. The summed E-state index contributed by atoms with van der Waals surface area (Å²) in [4.78, 5) is 28.5. The minimum Gasteiger partial charge on any atom is -0.472 e. The number of aromatic nitrogens is 2. The molecule has 0 aliphatic carbocycles. The SMILES string of the molecule is CCOC(=O)CCCNc1nc(OCc2ccc(F)cc2F)c(Br)c(=O)n1C(C)C. The summed E-state index contributed by atoms with van der Waals surface area (Å²) < 4.78 is 38.8. The van der Waals surface area contributed by atoms with Crippen molar-refractivity contribution in [3.05, 3.63) is 50.2 Å². The predicted molar refractivity (Wildman–Crippen MR) is 112 cm³/mol. The molecule has 1 N–H and O–H groups in total. The van der Waals surface area contributed by atoms with E-state index in [2.05, 4.69) is 26.2 Å². The van der Waals surface area contributed by atoms with E-state index in [0.29, 0.717) is 19.6 Å². The van der Waals surface area contributed by atoms with Crippen LogP contribution in [0.1, 0.15) is 45.2 Å². The number of carbonyl (C=O) groups is 1. The van der Waals surface area contributed by atoms with Gasteiger partial charge in [-0.2, -0.15) is 4.98 Å². The summed E-state index contributed by atoms with van der Waals surface area (Å²) in [6, 6.07) is 2.95. The molecule has 1 aromatic heterocycles. The average molecular weight is 488 g/mol. The van der Waals surface area contributed by atoms with Crippen LogP contribution in [0.25, 0.3) is 0 Å². The van der Waals surface area contributed by atoms with Crippen molar-refractivity contribution >= 4 is 27.8 Å². The van der Waals surface area contributed by atoms with Crippen LogP contribution in [0.4, 0.5) is 14.7 Å². The normalized spacial score (nSPS) is 10.9. The first-order valence-electron chi connectivity index (χ1n) is 9.52. The van der Waals surface area contributed by atoms with E-state index < -0.39 is 11.6 Å². The quantitative estimate of drug-likeness (QED) is 0.399. The second kappa shape index (κ2) is 11.1. The van der Waals surface area contributed by atoms with Crippen molar-refractivity contribution in [1.82, 2.24) is 9.55 Å². The van der Waals surface area contributed by atoms with E-state index >= 15 is 0 Å². The Morgan fingerprint density at radius 2 is 2.07 bits per heavy atom. The van der Waals surface area contributed by atoms with Crippen molar-refractivity contribution in [2.24, 2.45) is 0 Å². The highest BCUT2D eigenvalue weighted by molar-refractivity contribution is 9.10. The van der Waals surface area contributed by atoms with Crippen molar-refractivity contribution in [3.63, 3.8) is 0 Å². The highest BCUT2D eigenvalue weighted by atomic mass is 79.9. The van der Waals surface area contributed by atoms with Crippen LogP contribution in [-0.2, 0) is 16.1 Å². The molecule has 0 aliphatic heterocycles. The molecule has 164 valence electrons. The Labute approximate surface area is 181 Å². The fourth-order valence-corrected chi connectivity index (χ4v) is 3.04. The first-order chi connectivity index (χ1) is 14.2. The molecule has 0 bridgehead atoms. The van der Waals surface area contributed by atoms with Crippen molar-refractivity contribution in [1.29, 1.82) is 0 Å². The largest absolute Gasteiger partial charge is 0.472 e. The lowest BCUT2D eigenvalue weighted by Crippen LogP contribution is -2.28. The van der Waals surface area contributed by atoms with Gasteiger partial charge < -0.3 is 14.8 Å². The molecular weight excluding hydrogens is 464 g/mol. The fourth-order valence-electron chi connectivity index (χ4n) is 2.64. The number of benzene rings is 1. The second-order valence-corrected chi connectivity index (χ2v) is 7.48. The Balaban J connectivity index is 2.18. The van der Waals surface area contributed by atoms with Gasteiger partial charge in [0.15, 0.2) is 0 Å². The summed E-state index contributed by atoms with van der Waals surface area (Å²) in [5, 5.41) is 3.04.